The summed E-state index contributed by atoms with van der Waals surface area (Å²) in [6, 6.07) is 3.60. The molecule has 1 rings (SSSR count). The topological polar surface area (TPSA) is 66.1 Å². The van der Waals surface area contributed by atoms with E-state index in [1.807, 2.05) is 6.07 Å². The first-order chi connectivity index (χ1) is 8.19. The molecule has 0 fully saturated rings. The van der Waals surface area contributed by atoms with Crippen molar-refractivity contribution in [1.29, 1.82) is 5.26 Å². The minimum absolute atomic E-state index is 0.135. The molecule has 18 heavy (non-hydrogen) atoms. The Labute approximate surface area is 113 Å². The summed E-state index contributed by atoms with van der Waals surface area (Å²) < 4.78 is 5.56. The van der Waals surface area contributed by atoms with Gasteiger partial charge in [0.05, 0.1) is 16.8 Å². The summed E-state index contributed by atoms with van der Waals surface area (Å²) >= 11 is 5.81. The number of rotatable bonds is 4. The Morgan fingerprint density at radius 3 is 2.56 bits per heavy atom. The highest BCUT2D eigenvalue weighted by Crippen LogP contribution is 2.24. The lowest BCUT2D eigenvalue weighted by atomic mass is 9.81. The van der Waals surface area contributed by atoms with Gasteiger partial charge in [0.15, 0.2) is 0 Å². The number of halogens is 1. The third-order valence-electron chi connectivity index (χ3n) is 3.00. The van der Waals surface area contributed by atoms with Gasteiger partial charge < -0.3 is 9.76 Å². The van der Waals surface area contributed by atoms with Gasteiger partial charge in [-0.3, -0.25) is 0 Å². The maximum absolute atomic E-state index is 9.96. The van der Waals surface area contributed by atoms with Gasteiger partial charge in [-0.05, 0) is 39.2 Å². The molecular weight excluding hydrogens is 250 g/mol. The van der Waals surface area contributed by atoms with Gasteiger partial charge in [0, 0.05) is 6.20 Å². The molecule has 0 amide bonds. The molecule has 0 bridgehead atoms. The second kappa shape index (κ2) is 5.27. The maximum Gasteiger partial charge on any atom is 0.332 e. The molecule has 1 heterocycles. The highest BCUT2D eigenvalue weighted by molar-refractivity contribution is 6.49. The molecule has 0 spiro atoms. The van der Waals surface area contributed by atoms with Gasteiger partial charge in [0.1, 0.15) is 11.2 Å². The van der Waals surface area contributed by atoms with Gasteiger partial charge in [-0.2, -0.15) is 5.26 Å². The molecule has 1 aromatic rings. The van der Waals surface area contributed by atoms with Crippen LogP contribution >= 0.6 is 11.6 Å². The minimum atomic E-state index is -1.02. The molecule has 0 aliphatic rings. The molecule has 0 aliphatic heterocycles. The molecule has 0 atom stereocenters. The summed E-state index contributed by atoms with van der Waals surface area (Å²) in [5.74, 6) is 0. The van der Waals surface area contributed by atoms with Crippen LogP contribution in [0.3, 0.4) is 0 Å². The van der Waals surface area contributed by atoms with E-state index in [9.17, 15) is 5.11 Å². The molecule has 0 aliphatic carbocycles. The van der Waals surface area contributed by atoms with Gasteiger partial charge in [-0.1, -0.05) is 11.6 Å². The van der Waals surface area contributed by atoms with E-state index in [1.54, 1.807) is 33.8 Å². The zero-order chi connectivity index (χ0) is 14.0. The Morgan fingerprint density at radius 2 is 2.06 bits per heavy atom. The summed E-state index contributed by atoms with van der Waals surface area (Å²) in [6.07, 6.45) is 1.50. The smallest absolute Gasteiger partial charge is 0.332 e. The largest absolute Gasteiger partial charge is 0.427 e. The Balaban J connectivity index is 2.89. The first-order valence-corrected chi connectivity index (χ1v) is 5.85. The van der Waals surface area contributed by atoms with Crippen molar-refractivity contribution in [3.8, 4) is 6.07 Å². The molecule has 1 N–H and O–H groups in total. The van der Waals surface area contributed by atoms with E-state index in [4.69, 9.17) is 21.5 Å². The van der Waals surface area contributed by atoms with Crippen molar-refractivity contribution in [2.24, 2.45) is 0 Å². The van der Waals surface area contributed by atoms with E-state index in [-0.39, 0.29) is 10.7 Å². The van der Waals surface area contributed by atoms with Gasteiger partial charge in [0.2, 0.25) is 0 Å². The van der Waals surface area contributed by atoms with E-state index in [0.29, 0.717) is 5.46 Å². The second-order valence-electron chi connectivity index (χ2n) is 4.98. The van der Waals surface area contributed by atoms with Crippen LogP contribution < -0.4 is 5.46 Å². The van der Waals surface area contributed by atoms with Crippen LogP contribution in [0, 0.1) is 11.3 Å². The number of nitriles is 1. The third-order valence-corrected chi connectivity index (χ3v) is 3.29. The molecule has 1 aromatic heterocycles. The lowest BCUT2D eigenvalue weighted by Gasteiger charge is -2.37. The zero-order valence-electron chi connectivity index (χ0n) is 10.9. The average Bonchev–Trinajstić information content (AvgIpc) is 2.25. The molecule has 0 unspecified atom stereocenters. The molecule has 95 valence electrons. The van der Waals surface area contributed by atoms with Crippen LogP contribution in [-0.2, 0) is 4.65 Å². The molecule has 0 saturated heterocycles. The van der Waals surface area contributed by atoms with Gasteiger partial charge in [0.25, 0.3) is 0 Å². The summed E-state index contributed by atoms with van der Waals surface area (Å²) in [7, 11) is 1.42. The van der Waals surface area contributed by atoms with Crippen molar-refractivity contribution in [3.63, 3.8) is 0 Å². The fourth-order valence-corrected chi connectivity index (χ4v) is 1.22. The van der Waals surface area contributed by atoms with E-state index < -0.39 is 11.2 Å². The standard InChI is InChI=1S/C12H15BClN2O2/c1-11(2,17)12(3,4)18-13-9-5-6-16-10(14)8(9)7-15/h5-6,17H,1-4H3. The summed E-state index contributed by atoms with van der Waals surface area (Å²) in [5.41, 5.74) is -1.02. The van der Waals surface area contributed by atoms with Gasteiger partial charge >= 0.3 is 7.48 Å². The van der Waals surface area contributed by atoms with Gasteiger partial charge in [-0.25, -0.2) is 4.98 Å². The fraction of sp³-hybridized carbons (Fsp3) is 0.500. The van der Waals surface area contributed by atoms with Crippen LogP contribution in [0.4, 0.5) is 0 Å². The monoisotopic (exact) mass is 265 g/mol. The van der Waals surface area contributed by atoms with Crippen molar-refractivity contribution in [1.82, 2.24) is 4.98 Å². The van der Waals surface area contributed by atoms with E-state index >= 15 is 0 Å². The first-order valence-electron chi connectivity index (χ1n) is 5.47. The molecular formula is C12H15BClN2O2. The Kier molecular flexibility index (Phi) is 4.39. The van der Waals surface area contributed by atoms with Crippen molar-refractivity contribution in [3.05, 3.63) is 23.0 Å². The number of hydrogen-bond donors (Lipinski definition) is 1. The zero-order valence-corrected chi connectivity index (χ0v) is 11.6. The van der Waals surface area contributed by atoms with Crippen LogP contribution in [0.25, 0.3) is 0 Å². The normalized spacial score (nSPS) is 12.1. The highest BCUT2D eigenvalue weighted by atomic mass is 35.5. The van der Waals surface area contributed by atoms with E-state index in [1.165, 1.54) is 13.7 Å². The molecule has 4 nitrogen and oxygen atoms in total. The lowest BCUT2D eigenvalue weighted by Crippen LogP contribution is -2.49. The number of aromatic nitrogens is 1. The van der Waals surface area contributed by atoms with Crippen LogP contribution in [0.1, 0.15) is 33.3 Å². The number of pyridine rings is 1. The van der Waals surface area contributed by atoms with Gasteiger partial charge in [-0.15, -0.1) is 0 Å². The number of aliphatic hydroxyl groups is 1. The summed E-state index contributed by atoms with van der Waals surface area (Å²) in [6.45, 7) is 6.84. The fourth-order valence-electron chi connectivity index (χ4n) is 1.01. The van der Waals surface area contributed by atoms with Crippen LogP contribution in [0.2, 0.25) is 5.15 Å². The predicted molar refractivity (Wildman–Crippen MR) is 70.8 cm³/mol. The quantitative estimate of drug-likeness (QED) is 0.660. The summed E-state index contributed by atoms with van der Waals surface area (Å²) in [5, 5.41) is 19.1. The van der Waals surface area contributed by atoms with E-state index in [0.717, 1.165) is 0 Å². The van der Waals surface area contributed by atoms with E-state index in [2.05, 4.69) is 4.98 Å². The van der Waals surface area contributed by atoms with Crippen molar-refractivity contribution < 1.29 is 9.76 Å². The van der Waals surface area contributed by atoms with Crippen molar-refractivity contribution in [2.75, 3.05) is 0 Å². The maximum atomic E-state index is 9.96. The Bertz CT molecular complexity index is 478. The first kappa shape index (κ1) is 15.0. The van der Waals surface area contributed by atoms with Crippen LogP contribution in [0.15, 0.2) is 12.3 Å². The second-order valence-corrected chi connectivity index (χ2v) is 5.34. The van der Waals surface area contributed by atoms with Crippen molar-refractivity contribution in [2.45, 2.75) is 38.9 Å². The minimum Gasteiger partial charge on any atom is -0.427 e. The van der Waals surface area contributed by atoms with Crippen LogP contribution in [0.5, 0.6) is 0 Å². The Morgan fingerprint density at radius 1 is 1.44 bits per heavy atom. The van der Waals surface area contributed by atoms with Crippen molar-refractivity contribution >= 4 is 24.5 Å². The summed E-state index contributed by atoms with van der Waals surface area (Å²) in [4.78, 5) is 3.82. The molecule has 6 heteroatoms. The molecule has 0 saturated carbocycles. The molecule has 0 aromatic carbocycles. The number of nitrogens with zero attached hydrogens (tertiary/aromatic N) is 2. The lowest BCUT2D eigenvalue weighted by molar-refractivity contribution is -0.0893. The average molecular weight is 266 g/mol. The molecule has 1 radical (unpaired) electrons. The predicted octanol–water partition coefficient (Wildman–Crippen LogP) is 1.42. The van der Waals surface area contributed by atoms with Crippen LogP contribution in [-0.4, -0.2) is 28.8 Å². The third kappa shape index (κ3) is 3.23. The SMILES string of the molecule is CC(C)(O)C(C)(C)O[B]c1ccnc(Cl)c1C#N. The number of hydrogen-bond acceptors (Lipinski definition) is 4. The highest BCUT2D eigenvalue weighted by Gasteiger charge is 2.35. The Hall–Kier alpha value is -1.09.